The molecule has 0 heterocycles. The van der Waals surface area contributed by atoms with Crippen molar-refractivity contribution in [3.63, 3.8) is 0 Å². The van der Waals surface area contributed by atoms with Crippen LogP contribution in [0, 0.1) is 23.3 Å². The molecule has 0 unspecified atom stereocenters. The predicted molar refractivity (Wildman–Crippen MR) is 98.8 cm³/mol. The SMILES string of the molecule is CCCCCC1=Cc2cc(F)c(-c3cc(F)c(OC(F)(F)F)c(F)c3)c(F)c2CC1. The predicted octanol–water partition coefficient (Wildman–Crippen LogP) is 7.72. The molecule has 1 aliphatic rings. The maximum absolute atomic E-state index is 15.0. The highest BCUT2D eigenvalue weighted by Gasteiger charge is 2.34. The minimum absolute atomic E-state index is 0.210. The molecule has 0 atom stereocenters. The molecule has 0 saturated heterocycles. The summed E-state index contributed by atoms with van der Waals surface area (Å²) in [6.45, 7) is 2.07. The summed E-state index contributed by atoms with van der Waals surface area (Å²) >= 11 is 0. The van der Waals surface area contributed by atoms with Crippen molar-refractivity contribution in [1.82, 2.24) is 0 Å². The number of ether oxygens (including phenoxy) is 1. The number of hydrogen-bond donors (Lipinski definition) is 0. The molecule has 1 nitrogen and oxygen atoms in total. The number of unbranched alkanes of at least 4 members (excludes halogenated alkanes) is 2. The fraction of sp³-hybridized carbons (Fsp3) is 0.364. The van der Waals surface area contributed by atoms with E-state index in [1.807, 2.05) is 0 Å². The van der Waals surface area contributed by atoms with Crippen LogP contribution in [0.1, 0.15) is 50.2 Å². The van der Waals surface area contributed by atoms with Gasteiger partial charge in [0, 0.05) is 0 Å². The molecule has 3 rings (SSSR count). The molecule has 1 aliphatic carbocycles. The van der Waals surface area contributed by atoms with E-state index in [4.69, 9.17) is 0 Å². The summed E-state index contributed by atoms with van der Waals surface area (Å²) in [7, 11) is 0. The average molecular weight is 432 g/mol. The molecular formula is C22H19F7O. The van der Waals surface area contributed by atoms with Crippen molar-refractivity contribution >= 4 is 6.08 Å². The molecule has 0 amide bonds. The van der Waals surface area contributed by atoms with E-state index in [1.54, 1.807) is 6.08 Å². The first-order valence-corrected chi connectivity index (χ1v) is 9.56. The van der Waals surface area contributed by atoms with Gasteiger partial charge in [-0.2, -0.15) is 0 Å². The summed E-state index contributed by atoms with van der Waals surface area (Å²) in [6.07, 6.45) is 1.21. The number of halogens is 7. The third-order valence-electron chi connectivity index (χ3n) is 5.02. The molecule has 0 aromatic heterocycles. The Morgan fingerprint density at radius 1 is 0.900 bits per heavy atom. The van der Waals surface area contributed by atoms with E-state index in [0.29, 0.717) is 30.5 Å². The van der Waals surface area contributed by atoms with Crippen LogP contribution in [0.5, 0.6) is 5.75 Å². The highest BCUT2D eigenvalue weighted by atomic mass is 19.4. The van der Waals surface area contributed by atoms with Crippen LogP contribution in [-0.4, -0.2) is 6.36 Å². The number of benzene rings is 2. The lowest BCUT2D eigenvalue weighted by Crippen LogP contribution is -2.19. The molecular weight excluding hydrogens is 413 g/mol. The summed E-state index contributed by atoms with van der Waals surface area (Å²) in [5, 5.41) is 0. The van der Waals surface area contributed by atoms with Gasteiger partial charge in [0.2, 0.25) is 5.75 Å². The molecule has 2 aromatic rings. The first-order chi connectivity index (χ1) is 14.1. The Morgan fingerprint density at radius 2 is 1.57 bits per heavy atom. The van der Waals surface area contributed by atoms with Crippen LogP contribution in [0.2, 0.25) is 0 Å². The number of hydrogen-bond acceptors (Lipinski definition) is 1. The quantitative estimate of drug-likeness (QED) is 0.335. The van der Waals surface area contributed by atoms with Gasteiger partial charge in [-0.1, -0.05) is 31.4 Å². The van der Waals surface area contributed by atoms with E-state index in [9.17, 15) is 26.3 Å². The summed E-state index contributed by atoms with van der Waals surface area (Å²) in [6, 6.07) is 1.93. The molecule has 0 bridgehead atoms. The van der Waals surface area contributed by atoms with Gasteiger partial charge < -0.3 is 4.74 Å². The van der Waals surface area contributed by atoms with Gasteiger partial charge in [0.1, 0.15) is 11.6 Å². The Bertz CT molecular complexity index is 953. The van der Waals surface area contributed by atoms with Gasteiger partial charge in [0.05, 0.1) is 5.56 Å². The van der Waals surface area contributed by atoms with Gasteiger partial charge in [-0.05, 0) is 60.6 Å². The Balaban J connectivity index is 1.99. The monoisotopic (exact) mass is 432 g/mol. The summed E-state index contributed by atoms with van der Waals surface area (Å²) in [5.41, 5.74) is 0.419. The minimum atomic E-state index is -5.31. The zero-order chi connectivity index (χ0) is 22.1. The Kier molecular flexibility index (Phi) is 6.43. The van der Waals surface area contributed by atoms with Gasteiger partial charge in [-0.3, -0.25) is 0 Å². The van der Waals surface area contributed by atoms with E-state index in [1.165, 1.54) is 0 Å². The lowest BCUT2D eigenvalue weighted by molar-refractivity contribution is -0.276. The zero-order valence-electron chi connectivity index (χ0n) is 16.1. The van der Waals surface area contributed by atoms with E-state index in [2.05, 4.69) is 11.7 Å². The van der Waals surface area contributed by atoms with Crippen LogP contribution in [0.3, 0.4) is 0 Å². The number of alkyl halides is 3. The molecule has 0 spiro atoms. The molecule has 162 valence electrons. The Hall–Kier alpha value is -2.51. The highest BCUT2D eigenvalue weighted by Crippen LogP contribution is 2.38. The number of fused-ring (bicyclic) bond motifs is 1. The van der Waals surface area contributed by atoms with Crippen LogP contribution in [0.25, 0.3) is 17.2 Å². The standard InChI is InChI=1S/C22H19F7O/c1-2-3-4-5-12-6-7-15-13(8-12)9-16(23)19(20(15)26)14-10-17(24)21(18(25)11-14)30-22(27,28)29/h8-11H,2-7H2,1H3. The third kappa shape index (κ3) is 4.79. The lowest BCUT2D eigenvalue weighted by atomic mass is 9.87. The molecule has 2 aromatic carbocycles. The highest BCUT2D eigenvalue weighted by molar-refractivity contribution is 5.72. The van der Waals surface area contributed by atoms with Crippen molar-refractivity contribution < 1.29 is 35.5 Å². The van der Waals surface area contributed by atoms with Crippen molar-refractivity contribution in [2.75, 3.05) is 0 Å². The fourth-order valence-electron chi connectivity index (χ4n) is 3.62. The second-order valence-corrected chi connectivity index (χ2v) is 7.19. The second-order valence-electron chi connectivity index (χ2n) is 7.19. The largest absolute Gasteiger partial charge is 0.573 e. The Morgan fingerprint density at radius 3 is 2.17 bits per heavy atom. The number of rotatable bonds is 6. The molecule has 0 radical (unpaired) electrons. The molecule has 0 N–H and O–H groups in total. The Labute approximate surface area is 169 Å². The molecule has 0 fully saturated rings. The fourth-order valence-corrected chi connectivity index (χ4v) is 3.62. The first kappa shape index (κ1) is 22.2. The van der Waals surface area contributed by atoms with Crippen molar-refractivity contribution in [3.8, 4) is 16.9 Å². The van der Waals surface area contributed by atoms with Crippen LogP contribution >= 0.6 is 0 Å². The zero-order valence-corrected chi connectivity index (χ0v) is 16.1. The topological polar surface area (TPSA) is 9.23 Å². The first-order valence-electron chi connectivity index (χ1n) is 9.56. The van der Waals surface area contributed by atoms with Gasteiger partial charge in [-0.25, -0.2) is 17.6 Å². The van der Waals surface area contributed by atoms with Gasteiger partial charge in [0.15, 0.2) is 11.6 Å². The molecule has 0 saturated carbocycles. The van der Waals surface area contributed by atoms with Crippen LogP contribution in [0.15, 0.2) is 23.8 Å². The van der Waals surface area contributed by atoms with Crippen molar-refractivity contribution in [2.45, 2.75) is 51.8 Å². The van der Waals surface area contributed by atoms with Gasteiger partial charge >= 0.3 is 6.36 Å². The van der Waals surface area contributed by atoms with Crippen LogP contribution < -0.4 is 4.74 Å². The molecule has 8 heteroatoms. The maximum Gasteiger partial charge on any atom is 0.573 e. The molecule has 30 heavy (non-hydrogen) atoms. The maximum atomic E-state index is 15.0. The summed E-state index contributed by atoms with van der Waals surface area (Å²) in [5.74, 6) is -7.13. The van der Waals surface area contributed by atoms with Crippen LogP contribution in [0.4, 0.5) is 30.7 Å². The van der Waals surface area contributed by atoms with Crippen molar-refractivity contribution in [1.29, 1.82) is 0 Å². The van der Waals surface area contributed by atoms with Crippen LogP contribution in [-0.2, 0) is 6.42 Å². The summed E-state index contributed by atoms with van der Waals surface area (Å²) < 4.78 is 97.9. The number of allylic oxidation sites excluding steroid dienone is 1. The van der Waals surface area contributed by atoms with Gasteiger partial charge in [0.25, 0.3) is 0 Å². The normalized spacial score (nSPS) is 13.8. The van der Waals surface area contributed by atoms with E-state index in [0.717, 1.165) is 37.3 Å². The van der Waals surface area contributed by atoms with Crippen molar-refractivity contribution in [2.24, 2.45) is 0 Å². The average Bonchev–Trinajstić information content (AvgIpc) is 2.64. The van der Waals surface area contributed by atoms with Gasteiger partial charge in [-0.15, -0.1) is 13.2 Å². The third-order valence-corrected chi connectivity index (χ3v) is 5.02. The lowest BCUT2D eigenvalue weighted by Gasteiger charge is -2.20. The minimum Gasteiger partial charge on any atom is -0.399 e. The van der Waals surface area contributed by atoms with E-state index < -0.39 is 46.5 Å². The van der Waals surface area contributed by atoms with Crippen molar-refractivity contribution in [3.05, 3.63) is 58.2 Å². The molecule has 0 aliphatic heterocycles. The second kappa shape index (κ2) is 8.70. The van der Waals surface area contributed by atoms with E-state index >= 15 is 4.39 Å². The van der Waals surface area contributed by atoms with E-state index in [-0.39, 0.29) is 5.56 Å². The smallest absolute Gasteiger partial charge is 0.399 e. The summed E-state index contributed by atoms with van der Waals surface area (Å²) in [4.78, 5) is 0.